The fraction of sp³-hybridized carbons (Fsp3) is 0.318. The van der Waals surface area contributed by atoms with Crippen molar-refractivity contribution in [3.8, 4) is 11.5 Å². The molecule has 152 valence electrons. The summed E-state index contributed by atoms with van der Waals surface area (Å²) in [5.74, 6) is 1.13. The van der Waals surface area contributed by atoms with Crippen LogP contribution in [0, 0.1) is 27.7 Å². The lowest BCUT2D eigenvalue weighted by Crippen LogP contribution is -2.06. The second-order valence-electron chi connectivity index (χ2n) is 7.19. The Morgan fingerprint density at radius 2 is 1.90 bits per heavy atom. The zero-order valence-electron chi connectivity index (χ0n) is 17.4. The second kappa shape index (κ2) is 8.25. The minimum atomic E-state index is 0. The van der Waals surface area contributed by atoms with Gasteiger partial charge in [-0.2, -0.15) is 4.98 Å². The van der Waals surface area contributed by atoms with E-state index < -0.39 is 0 Å². The van der Waals surface area contributed by atoms with E-state index in [1.807, 2.05) is 26.1 Å². The summed E-state index contributed by atoms with van der Waals surface area (Å²) < 4.78 is 7.49. The van der Waals surface area contributed by atoms with Gasteiger partial charge < -0.3 is 14.2 Å². The fourth-order valence-electron chi connectivity index (χ4n) is 3.56. The molecule has 0 fully saturated rings. The van der Waals surface area contributed by atoms with Crippen molar-refractivity contribution in [2.24, 2.45) is 0 Å². The number of hydrogen-bond acceptors (Lipinski definition) is 5. The molecule has 7 heteroatoms. The van der Waals surface area contributed by atoms with Crippen LogP contribution in [0.1, 0.15) is 40.8 Å². The number of nitrogens with one attached hydrogen (secondary N) is 1. The van der Waals surface area contributed by atoms with Crippen LogP contribution >= 0.6 is 12.4 Å². The van der Waals surface area contributed by atoms with Crippen LogP contribution in [-0.2, 0) is 13.0 Å². The van der Waals surface area contributed by atoms with Gasteiger partial charge in [-0.15, -0.1) is 12.4 Å². The third-order valence-electron chi connectivity index (χ3n) is 5.31. The predicted molar refractivity (Wildman–Crippen MR) is 118 cm³/mol. The number of aryl methyl sites for hydroxylation is 5. The van der Waals surface area contributed by atoms with Crippen LogP contribution in [0.4, 0.5) is 5.69 Å². The van der Waals surface area contributed by atoms with E-state index >= 15 is 0 Å². The summed E-state index contributed by atoms with van der Waals surface area (Å²) in [6.45, 7) is 11.0. The zero-order chi connectivity index (χ0) is 19.8. The molecule has 6 nitrogen and oxygen atoms in total. The number of benzene rings is 1. The summed E-state index contributed by atoms with van der Waals surface area (Å²) in [5.41, 5.74) is 8.83. The van der Waals surface area contributed by atoms with E-state index in [9.17, 15) is 0 Å². The van der Waals surface area contributed by atoms with Gasteiger partial charge in [0.1, 0.15) is 0 Å². The quantitative estimate of drug-likeness (QED) is 0.488. The Hall–Kier alpha value is -2.86. The lowest BCUT2D eigenvalue weighted by atomic mass is 10.00. The van der Waals surface area contributed by atoms with Crippen molar-refractivity contribution in [3.05, 3.63) is 64.4 Å². The van der Waals surface area contributed by atoms with E-state index in [0.717, 1.165) is 41.3 Å². The Morgan fingerprint density at radius 1 is 1.10 bits per heavy atom. The first kappa shape index (κ1) is 20.9. The molecule has 0 saturated carbocycles. The van der Waals surface area contributed by atoms with Crippen molar-refractivity contribution in [1.29, 1.82) is 0 Å². The molecule has 0 aliphatic carbocycles. The molecule has 0 aliphatic heterocycles. The molecule has 3 aromatic heterocycles. The third-order valence-corrected chi connectivity index (χ3v) is 5.31. The van der Waals surface area contributed by atoms with E-state index in [1.165, 1.54) is 16.7 Å². The molecule has 1 N–H and O–H groups in total. The van der Waals surface area contributed by atoms with Crippen LogP contribution in [-0.4, -0.2) is 19.5 Å². The van der Waals surface area contributed by atoms with Crippen molar-refractivity contribution in [2.45, 2.75) is 47.6 Å². The number of imidazole rings is 1. The first-order chi connectivity index (χ1) is 13.5. The molecule has 4 rings (SSSR count). The van der Waals surface area contributed by atoms with E-state index in [1.54, 1.807) is 0 Å². The van der Waals surface area contributed by atoms with Crippen molar-refractivity contribution < 1.29 is 4.52 Å². The maximum absolute atomic E-state index is 5.40. The lowest BCUT2D eigenvalue weighted by molar-refractivity contribution is 0.425. The summed E-state index contributed by atoms with van der Waals surface area (Å²) in [4.78, 5) is 9.15. The van der Waals surface area contributed by atoms with Crippen LogP contribution in [0.5, 0.6) is 0 Å². The van der Waals surface area contributed by atoms with Crippen molar-refractivity contribution in [3.63, 3.8) is 0 Å². The first-order valence-corrected chi connectivity index (χ1v) is 9.59. The van der Waals surface area contributed by atoms with Gasteiger partial charge in [-0.25, -0.2) is 4.98 Å². The van der Waals surface area contributed by atoms with Crippen LogP contribution in [0.15, 0.2) is 35.0 Å². The van der Waals surface area contributed by atoms with Gasteiger partial charge in [0.25, 0.3) is 5.89 Å². The van der Waals surface area contributed by atoms with Crippen LogP contribution in [0.2, 0.25) is 0 Å². The topological polar surface area (TPSA) is 68.2 Å². The van der Waals surface area contributed by atoms with Gasteiger partial charge in [0.2, 0.25) is 0 Å². The highest BCUT2D eigenvalue weighted by Gasteiger charge is 2.15. The minimum Gasteiger partial charge on any atom is -0.378 e. The predicted octanol–water partition coefficient (Wildman–Crippen LogP) is 5.21. The van der Waals surface area contributed by atoms with Crippen LogP contribution < -0.4 is 5.32 Å². The molecule has 0 saturated heterocycles. The average Bonchev–Trinajstić information content (AvgIpc) is 3.24. The SMILES string of the molecule is CCc1cccc(C)c1CNc1cc(-c2nc(C)no2)cn2c(C)c(C)nc12.Cl. The van der Waals surface area contributed by atoms with Crippen molar-refractivity contribution in [1.82, 2.24) is 19.5 Å². The van der Waals surface area contributed by atoms with Gasteiger partial charge in [0.05, 0.1) is 16.9 Å². The smallest absolute Gasteiger partial charge is 0.259 e. The maximum Gasteiger partial charge on any atom is 0.259 e. The Labute approximate surface area is 176 Å². The molecule has 0 radical (unpaired) electrons. The summed E-state index contributed by atoms with van der Waals surface area (Å²) in [6, 6.07) is 8.52. The highest BCUT2D eigenvalue weighted by atomic mass is 35.5. The number of nitrogens with zero attached hydrogens (tertiary/aromatic N) is 4. The average molecular weight is 412 g/mol. The largest absolute Gasteiger partial charge is 0.378 e. The number of rotatable bonds is 5. The van der Waals surface area contributed by atoms with E-state index in [4.69, 9.17) is 9.51 Å². The molecule has 0 atom stereocenters. The Kier molecular flexibility index (Phi) is 5.94. The zero-order valence-corrected chi connectivity index (χ0v) is 18.2. The molecule has 29 heavy (non-hydrogen) atoms. The Bertz CT molecular complexity index is 1160. The molecule has 0 aliphatic rings. The van der Waals surface area contributed by atoms with Gasteiger partial charge in [0.15, 0.2) is 11.5 Å². The molecule has 0 spiro atoms. The molecule has 1 aromatic carbocycles. The molecule has 4 aromatic rings. The third kappa shape index (κ3) is 3.85. The normalized spacial score (nSPS) is 10.9. The Morgan fingerprint density at radius 3 is 2.59 bits per heavy atom. The lowest BCUT2D eigenvalue weighted by Gasteiger charge is -2.14. The standard InChI is InChI=1S/C22H25N5O.ClH/c1-6-17-9-7-8-13(2)19(17)11-23-20-10-18(22-25-16(5)26-28-22)12-27-15(4)14(3)24-21(20)27;/h7-10,12,23H,6,11H2,1-5H3;1H. The Balaban J connectivity index is 0.00000240. The molecular formula is C22H26ClN5O. The number of pyridine rings is 1. The molecule has 0 unspecified atom stereocenters. The van der Waals surface area contributed by atoms with Gasteiger partial charge in [-0.1, -0.05) is 30.3 Å². The highest BCUT2D eigenvalue weighted by molar-refractivity contribution is 5.85. The van der Waals surface area contributed by atoms with Gasteiger partial charge >= 0.3 is 0 Å². The summed E-state index contributed by atoms with van der Waals surface area (Å²) in [7, 11) is 0. The maximum atomic E-state index is 5.40. The summed E-state index contributed by atoms with van der Waals surface area (Å²) >= 11 is 0. The fourth-order valence-corrected chi connectivity index (χ4v) is 3.56. The monoisotopic (exact) mass is 411 g/mol. The van der Waals surface area contributed by atoms with Gasteiger partial charge in [-0.3, -0.25) is 0 Å². The van der Waals surface area contributed by atoms with E-state index in [-0.39, 0.29) is 12.4 Å². The summed E-state index contributed by atoms with van der Waals surface area (Å²) in [5, 5.41) is 7.53. The number of fused-ring (bicyclic) bond motifs is 1. The van der Waals surface area contributed by atoms with Crippen molar-refractivity contribution >= 4 is 23.7 Å². The molecular weight excluding hydrogens is 386 g/mol. The minimum absolute atomic E-state index is 0. The molecule has 3 heterocycles. The number of aromatic nitrogens is 4. The number of halogens is 1. The first-order valence-electron chi connectivity index (χ1n) is 9.59. The van der Waals surface area contributed by atoms with E-state index in [2.05, 4.69) is 58.8 Å². The van der Waals surface area contributed by atoms with Gasteiger partial charge in [-0.05, 0) is 56.9 Å². The van der Waals surface area contributed by atoms with Crippen LogP contribution in [0.25, 0.3) is 17.1 Å². The molecule has 0 amide bonds. The number of hydrogen-bond donors (Lipinski definition) is 1. The van der Waals surface area contributed by atoms with Crippen LogP contribution in [0.3, 0.4) is 0 Å². The van der Waals surface area contributed by atoms with Gasteiger partial charge in [0, 0.05) is 18.4 Å². The molecule has 0 bridgehead atoms. The van der Waals surface area contributed by atoms with Crippen molar-refractivity contribution in [2.75, 3.05) is 5.32 Å². The second-order valence-corrected chi connectivity index (χ2v) is 7.19. The van der Waals surface area contributed by atoms with E-state index in [0.29, 0.717) is 11.7 Å². The summed E-state index contributed by atoms with van der Waals surface area (Å²) in [6.07, 6.45) is 3.02. The highest BCUT2D eigenvalue weighted by Crippen LogP contribution is 2.28. The number of anilines is 1.